The van der Waals surface area contributed by atoms with Crippen LogP contribution in [0.25, 0.3) is 11.0 Å². The van der Waals surface area contributed by atoms with Crippen molar-refractivity contribution in [1.82, 2.24) is 24.7 Å². The summed E-state index contributed by atoms with van der Waals surface area (Å²) in [5.41, 5.74) is -0.0626. The Bertz CT molecular complexity index is 1720. The Morgan fingerprint density at radius 1 is 1.02 bits per heavy atom. The number of aromatic nitrogens is 2. The molecule has 2 aliphatic rings. The molecular weight excluding hydrogens is 600 g/mol. The molecule has 2 saturated heterocycles. The zero-order valence-electron chi connectivity index (χ0n) is 26.1. The van der Waals surface area contributed by atoms with E-state index in [1.165, 1.54) is 26.6 Å². The first kappa shape index (κ1) is 32.0. The van der Waals surface area contributed by atoms with Crippen LogP contribution in [0.1, 0.15) is 50.5 Å². The number of esters is 1. The minimum Gasteiger partial charge on any atom is -0.459 e. The molecule has 12 nitrogen and oxygen atoms in total. The Hall–Kier alpha value is -4.45. The Morgan fingerprint density at radius 3 is 2.36 bits per heavy atom. The van der Waals surface area contributed by atoms with Gasteiger partial charge in [0.2, 0.25) is 5.91 Å². The Labute approximate surface area is 265 Å². The standard InChI is InChI=1S/C32H37ClN6O6/c1-31(2,3)45-26(41)17-36-10-11-38(30(36)44)23-12-21-13-24(28(42)35-14-20-6-8-22(33)9-7-20)29(43)39(27(21)34-15-23)16-25(40)37-18-32(4,5)19-37/h6-9,12-13,15H,10-11,14,16-19H2,1-5H3,(H,35,42). The van der Waals surface area contributed by atoms with Gasteiger partial charge < -0.3 is 19.9 Å². The van der Waals surface area contributed by atoms with Crippen molar-refractivity contribution < 1.29 is 23.9 Å². The van der Waals surface area contributed by atoms with Crippen molar-refractivity contribution >= 4 is 52.1 Å². The largest absolute Gasteiger partial charge is 0.459 e. The molecule has 0 radical (unpaired) electrons. The number of amides is 4. The van der Waals surface area contributed by atoms with E-state index in [9.17, 15) is 24.0 Å². The highest BCUT2D eigenvalue weighted by Crippen LogP contribution is 2.29. The van der Waals surface area contributed by atoms with Crippen molar-refractivity contribution in [2.24, 2.45) is 5.41 Å². The van der Waals surface area contributed by atoms with Gasteiger partial charge >= 0.3 is 12.0 Å². The maximum atomic E-state index is 13.7. The topological polar surface area (TPSA) is 134 Å². The fourth-order valence-corrected chi connectivity index (χ4v) is 5.61. The van der Waals surface area contributed by atoms with Crippen LogP contribution in [-0.2, 0) is 27.4 Å². The molecule has 0 spiro atoms. The zero-order chi connectivity index (χ0) is 32.7. The highest BCUT2D eigenvalue weighted by molar-refractivity contribution is 6.30. The van der Waals surface area contributed by atoms with Crippen molar-refractivity contribution in [3.05, 3.63) is 69.1 Å². The van der Waals surface area contributed by atoms with E-state index in [1.54, 1.807) is 56.0 Å². The molecule has 2 aromatic heterocycles. The van der Waals surface area contributed by atoms with Crippen LogP contribution in [0.3, 0.4) is 0 Å². The van der Waals surface area contributed by atoms with Crippen LogP contribution in [0.2, 0.25) is 5.02 Å². The first-order chi connectivity index (χ1) is 21.1. The second-order valence-electron chi connectivity index (χ2n) is 13.2. The number of nitrogens with zero attached hydrogens (tertiary/aromatic N) is 5. The van der Waals surface area contributed by atoms with Gasteiger partial charge in [-0.25, -0.2) is 9.78 Å². The molecule has 1 N–H and O–H groups in total. The number of hydrogen-bond acceptors (Lipinski definition) is 7. The number of fused-ring (bicyclic) bond motifs is 1. The molecule has 0 saturated carbocycles. The van der Waals surface area contributed by atoms with Gasteiger partial charge in [-0.15, -0.1) is 0 Å². The van der Waals surface area contributed by atoms with Crippen LogP contribution in [0.4, 0.5) is 10.5 Å². The first-order valence-corrected chi connectivity index (χ1v) is 15.1. The van der Waals surface area contributed by atoms with Gasteiger partial charge in [-0.1, -0.05) is 37.6 Å². The Morgan fingerprint density at radius 2 is 1.71 bits per heavy atom. The summed E-state index contributed by atoms with van der Waals surface area (Å²) >= 11 is 5.96. The third-order valence-electron chi connectivity index (χ3n) is 7.55. The monoisotopic (exact) mass is 636 g/mol. The molecule has 13 heteroatoms. The lowest BCUT2D eigenvalue weighted by Gasteiger charge is -2.45. The molecule has 5 rings (SSSR count). The molecule has 45 heavy (non-hydrogen) atoms. The minimum absolute atomic E-state index is 0.00112. The third kappa shape index (κ3) is 7.28. The summed E-state index contributed by atoms with van der Waals surface area (Å²) in [5, 5.41) is 3.73. The predicted molar refractivity (Wildman–Crippen MR) is 169 cm³/mol. The Balaban J connectivity index is 1.44. The maximum absolute atomic E-state index is 13.7. The van der Waals surface area contributed by atoms with Crippen LogP contribution < -0.4 is 15.8 Å². The average molecular weight is 637 g/mol. The number of pyridine rings is 2. The van der Waals surface area contributed by atoms with Crippen LogP contribution in [0.5, 0.6) is 0 Å². The molecule has 3 aromatic rings. The second kappa shape index (κ2) is 12.2. The Kier molecular flexibility index (Phi) is 8.63. The fourth-order valence-electron chi connectivity index (χ4n) is 5.49. The predicted octanol–water partition coefficient (Wildman–Crippen LogP) is 3.43. The summed E-state index contributed by atoms with van der Waals surface area (Å²) in [7, 11) is 0. The highest BCUT2D eigenvalue weighted by atomic mass is 35.5. The van der Waals surface area contributed by atoms with Crippen LogP contribution >= 0.6 is 11.6 Å². The van der Waals surface area contributed by atoms with Gasteiger partial charge in [0, 0.05) is 43.1 Å². The molecule has 0 bridgehead atoms. The van der Waals surface area contributed by atoms with E-state index in [-0.39, 0.29) is 42.2 Å². The summed E-state index contributed by atoms with van der Waals surface area (Å²) in [6.45, 7) is 10.8. The minimum atomic E-state index is -0.677. The fraction of sp³-hybridized carbons (Fsp3) is 0.438. The van der Waals surface area contributed by atoms with Gasteiger partial charge in [0.25, 0.3) is 11.5 Å². The molecule has 0 aliphatic carbocycles. The number of halogens is 1. The van der Waals surface area contributed by atoms with Gasteiger partial charge in [-0.05, 0) is 56.0 Å². The normalized spacial score (nSPS) is 16.1. The van der Waals surface area contributed by atoms with E-state index in [0.29, 0.717) is 42.3 Å². The lowest BCUT2D eigenvalue weighted by atomic mass is 9.84. The molecule has 0 atom stereocenters. The summed E-state index contributed by atoms with van der Waals surface area (Å²) in [5.74, 6) is -1.38. The smallest absolute Gasteiger partial charge is 0.326 e. The molecule has 238 valence electrons. The zero-order valence-corrected chi connectivity index (χ0v) is 26.8. The van der Waals surface area contributed by atoms with E-state index in [4.69, 9.17) is 16.3 Å². The molecule has 2 fully saturated rings. The molecule has 4 amide bonds. The average Bonchev–Trinajstić information content (AvgIpc) is 3.30. The van der Waals surface area contributed by atoms with Gasteiger partial charge in [-0.3, -0.25) is 28.6 Å². The number of likely N-dealkylation sites (tertiary alicyclic amines) is 1. The molecule has 4 heterocycles. The van der Waals surface area contributed by atoms with Crippen LogP contribution in [-0.4, -0.2) is 81.5 Å². The van der Waals surface area contributed by atoms with E-state index in [0.717, 1.165) is 5.56 Å². The quantitative estimate of drug-likeness (QED) is 0.375. The van der Waals surface area contributed by atoms with E-state index in [2.05, 4.69) is 24.1 Å². The summed E-state index contributed by atoms with van der Waals surface area (Å²) in [6, 6.07) is 9.63. The first-order valence-electron chi connectivity index (χ1n) is 14.7. The summed E-state index contributed by atoms with van der Waals surface area (Å²) < 4.78 is 6.57. The van der Waals surface area contributed by atoms with Crippen molar-refractivity contribution in [3.63, 3.8) is 0 Å². The highest BCUT2D eigenvalue weighted by Gasteiger charge is 2.37. The number of rotatable bonds is 8. The van der Waals surface area contributed by atoms with Gasteiger partial charge in [0.15, 0.2) is 0 Å². The molecule has 2 aliphatic heterocycles. The number of anilines is 1. The summed E-state index contributed by atoms with van der Waals surface area (Å²) in [4.78, 5) is 74.8. The number of carbonyl (C=O) groups is 4. The third-order valence-corrected chi connectivity index (χ3v) is 7.81. The van der Waals surface area contributed by atoms with E-state index >= 15 is 0 Å². The number of ether oxygens (including phenoxy) is 1. The van der Waals surface area contributed by atoms with Crippen molar-refractivity contribution in [2.75, 3.05) is 37.6 Å². The van der Waals surface area contributed by atoms with Crippen molar-refractivity contribution in [2.45, 2.75) is 53.3 Å². The van der Waals surface area contributed by atoms with E-state index in [1.807, 2.05) is 0 Å². The van der Waals surface area contributed by atoms with Crippen molar-refractivity contribution in [3.8, 4) is 0 Å². The van der Waals surface area contributed by atoms with Gasteiger partial charge in [0.1, 0.15) is 29.9 Å². The SMILES string of the molecule is CC1(C)CN(C(=O)Cn2c(=O)c(C(=O)NCc3ccc(Cl)cc3)cc3cc(N4CCN(CC(=O)OC(C)(C)C)C4=O)cnc32)C1. The number of benzene rings is 1. The number of hydrogen-bond donors (Lipinski definition) is 1. The van der Waals surface area contributed by atoms with E-state index < -0.39 is 29.1 Å². The molecular formula is C32H37ClN6O6. The van der Waals surface area contributed by atoms with Gasteiger partial charge in [-0.2, -0.15) is 0 Å². The van der Waals surface area contributed by atoms with Crippen LogP contribution in [0.15, 0.2) is 47.4 Å². The van der Waals surface area contributed by atoms with Gasteiger partial charge in [0.05, 0.1) is 11.9 Å². The molecule has 0 unspecified atom stereocenters. The lowest BCUT2D eigenvalue weighted by Crippen LogP contribution is -2.56. The maximum Gasteiger partial charge on any atom is 0.326 e. The summed E-state index contributed by atoms with van der Waals surface area (Å²) in [6.07, 6.45) is 1.45. The second-order valence-corrected chi connectivity index (χ2v) is 13.7. The van der Waals surface area contributed by atoms with Crippen molar-refractivity contribution in [1.29, 1.82) is 0 Å². The number of urea groups is 1. The number of carbonyl (C=O) groups excluding carboxylic acids is 4. The molecule has 1 aromatic carbocycles. The lowest BCUT2D eigenvalue weighted by molar-refractivity contribution is -0.155. The number of nitrogens with one attached hydrogen (secondary N) is 1. The van der Waals surface area contributed by atoms with Crippen LogP contribution in [0, 0.1) is 5.41 Å².